The zero-order valence-electron chi connectivity index (χ0n) is 12.7. The molecule has 120 valence electrons. The summed E-state index contributed by atoms with van der Waals surface area (Å²) < 4.78 is 5.33. The molecule has 0 aromatic carbocycles. The van der Waals surface area contributed by atoms with Gasteiger partial charge in [0.1, 0.15) is 6.54 Å². The molecule has 2 fully saturated rings. The number of imide groups is 2. The summed E-state index contributed by atoms with van der Waals surface area (Å²) in [7, 11) is 0. The molecule has 2 saturated heterocycles. The van der Waals surface area contributed by atoms with Crippen LogP contribution in [0.1, 0.15) is 13.8 Å². The SMILES string of the molecule is C=CCN1C(=O)C(=O)N(CC(=O)N2CCOCC2(C)C)C1=O. The molecule has 0 aromatic heterocycles. The van der Waals surface area contributed by atoms with Crippen molar-refractivity contribution in [3.63, 3.8) is 0 Å². The van der Waals surface area contributed by atoms with Crippen LogP contribution in [0.4, 0.5) is 4.79 Å². The lowest BCUT2D eigenvalue weighted by Crippen LogP contribution is -2.58. The fourth-order valence-corrected chi connectivity index (χ4v) is 2.52. The van der Waals surface area contributed by atoms with E-state index >= 15 is 0 Å². The maximum Gasteiger partial charge on any atom is 0.335 e. The van der Waals surface area contributed by atoms with Gasteiger partial charge < -0.3 is 9.64 Å². The van der Waals surface area contributed by atoms with Crippen LogP contribution in [0.15, 0.2) is 12.7 Å². The van der Waals surface area contributed by atoms with Crippen molar-refractivity contribution in [2.75, 3.05) is 32.8 Å². The molecule has 2 aliphatic heterocycles. The number of carbonyl (C=O) groups excluding carboxylic acids is 4. The summed E-state index contributed by atoms with van der Waals surface area (Å²) in [5.74, 6) is -2.30. The van der Waals surface area contributed by atoms with Gasteiger partial charge in [-0.05, 0) is 13.8 Å². The maximum absolute atomic E-state index is 12.4. The van der Waals surface area contributed by atoms with Gasteiger partial charge in [-0.1, -0.05) is 6.08 Å². The Kier molecular flexibility index (Phi) is 4.32. The molecule has 0 bridgehead atoms. The monoisotopic (exact) mass is 309 g/mol. The minimum atomic E-state index is -0.980. The second-order valence-electron chi connectivity index (χ2n) is 5.79. The predicted molar refractivity (Wildman–Crippen MR) is 75.6 cm³/mol. The Morgan fingerprint density at radius 2 is 1.91 bits per heavy atom. The molecule has 8 nitrogen and oxygen atoms in total. The molecule has 0 unspecified atom stereocenters. The first kappa shape index (κ1) is 16.2. The van der Waals surface area contributed by atoms with E-state index in [1.54, 1.807) is 4.90 Å². The topological polar surface area (TPSA) is 87.2 Å². The average molecular weight is 309 g/mol. The minimum Gasteiger partial charge on any atom is -0.377 e. The second-order valence-corrected chi connectivity index (χ2v) is 5.79. The van der Waals surface area contributed by atoms with Crippen molar-refractivity contribution in [1.29, 1.82) is 0 Å². The van der Waals surface area contributed by atoms with Crippen LogP contribution < -0.4 is 0 Å². The van der Waals surface area contributed by atoms with Gasteiger partial charge in [0.2, 0.25) is 5.91 Å². The van der Waals surface area contributed by atoms with E-state index < -0.39 is 29.9 Å². The van der Waals surface area contributed by atoms with Crippen LogP contribution in [0.25, 0.3) is 0 Å². The van der Waals surface area contributed by atoms with Gasteiger partial charge in [-0.3, -0.25) is 19.3 Å². The van der Waals surface area contributed by atoms with E-state index in [9.17, 15) is 19.2 Å². The molecule has 5 amide bonds. The van der Waals surface area contributed by atoms with Crippen LogP contribution in [0.2, 0.25) is 0 Å². The molecule has 0 spiro atoms. The molecule has 0 saturated carbocycles. The number of morpholine rings is 1. The lowest BCUT2D eigenvalue weighted by atomic mass is 10.0. The number of rotatable bonds is 4. The summed E-state index contributed by atoms with van der Waals surface area (Å²) in [5.41, 5.74) is -0.522. The van der Waals surface area contributed by atoms with E-state index in [1.807, 2.05) is 13.8 Å². The van der Waals surface area contributed by atoms with Crippen LogP contribution in [0.3, 0.4) is 0 Å². The fraction of sp³-hybridized carbons (Fsp3) is 0.571. The normalized spacial score (nSPS) is 21.5. The third-order valence-corrected chi connectivity index (χ3v) is 3.69. The Morgan fingerprint density at radius 1 is 1.27 bits per heavy atom. The highest BCUT2D eigenvalue weighted by molar-refractivity contribution is 6.45. The highest BCUT2D eigenvalue weighted by Gasteiger charge is 2.46. The number of ether oxygens (including phenoxy) is 1. The average Bonchev–Trinajstić information content (AvgIpc) is 2.64. The zero-order valence-corrected chi connectivity index (χ0v) is 12.7. The molecular formula is C14H19N3O5. The van der Waals surface area contributed by atoms with E-state index in [-0.39, 0.29) is 12.5 Å². The van der Waals surface area contributed by atoms with Gasteiger partial charge in [-0.25, -0.2) is 9.69 Å². The Hall–Kier alpha value is -2.22. The number of amides is 5. The number of carbonyl (C=O) groups is 4. The molecule has 22 heavy (non-hydrogen) atoms. The summed E-state index contributed by atoms with van der Waals surface area (Å²) in [6, 6.07) is -0.783. The van der Waals surface area contributed by atoms with E-state index in [0.29, 0.717) is 24.7 Å². The van der Waals surface area contributed by atoms with Crippen LogP contribution >= 0.6 is 0 Å². The van der Waals surface area contributed by atoms with Crippen LogP contribution in [0, 0.1) is 0 Å². The molecule has 0 aliphatic carbocycles. The molecule has 2 rings (SSSR count). The molecular weight excluding hydrogens is 290 g/mol. The molecule has 2 heterocycles. The van der Waals surface area contributed by atoms with Crippen molar-refractivity contribution in [3.05, 3.63) is 12.7 Å². The zero-order chi connectivity index (χ0) is 16.5. The Bertz CT molecular complexity index is 543. The number of hydrogen-bond acceptors (Lipinski definition) is 5. The van der Waals surface area contributed by atoms with Gasteiger partial charge in [-0.15, -0.1) is 6.58 Å². The number of nitrogens with zero attached hydrogens (tertiary/aromatic N) is 3. The van der Waals surface area contributed by atoms with Gasteiger partial charge >= 0.3 is 17.8 Å². The van der Waals surface area contributed by atoms with E-state index in [4.69, 9.17) is 4.74 Å². The smallest absolute Gasteiger partial charge is 0.335 e. The largest absolute Gasteiger partial charge is 0.377 e. The maximum atomic E-state index is 12.4. The quantitative estimate of drug-likeness (QED) is 0.401. The van der Waals surface area contributed by atoms with Crippen LogP contribution in [-0.2, 0) is 19.1 Å². The van der Waals surface area contributed by atoms with Crippen molar-refractivity contribution in [3.8, 4) is 0 Å². The number of urea groups is 1. The standard InChI is InChI=1S/C14H19N3O5/c1-4-5-15-11(19)12(20)16(13(15)21)8-10(18)17-6-7-22-9-14(17,2)3/h4H,1,5-9H2,2-3H3. The Morgan fingerprint density at radius 3 is 2.50 bits per heavy atom. The molecule has 0 N–H and O–H groups in total. The highest BCUT2D eigenvalue weighted by atomic mass is 16.5. The van der Waals surface area contributed by atoms with Crippen molar-refractivity contribution in [2.45, 2.75) is 19.4 Å². The van der Waals surface area contributed by atoms with Crippen molar-refractivity contribution < 1.29 is 23.9 Å². The van der Waals surface area contributed by atoms with Crippen LogP contribution in [-0.4, -0.2) is 76.8 Å². The molecule has 0 aromatic rings. The molecule has 0 radical (unpaired) electrons. The first-order valence-corrected chi connectivity index (χ1v) is 6.96. The van der Waals surface area contributed by atoms with Gasteiger partial charge in [0.15, 0.2) is 0 Å². The van der Waals surface area contributed by atoms with E-state index in [1.165, 1.54) is 6.08 Å². The summed E-state index contributed by atoms with van der Waals surface area (Å²) in [6.07, 6.45) is 1.35. The van der Waals surface area contributed by atoms with E-state index in [2.05, 4.69) is 6.58 Å². The lowest BCUT2D eigenvalue weighted by molar-refractivity contribution is -0.150. The predicted octanol–water partition coefficient (Wildman–Crippen LogP) is -0.399. The van der Waals surface area contributed by atoms with Gasteiger partial charge in [0.05, 0.1) is 18.8 Å². The fourth-order valence-electron chi connectivity index (χ4n) is 2.52. The summed E-state index contributed by atoms with van der Waals surface area (Å²) >= 11 is 0. The Balaban J connectivity index is 2.11. The summed E-state index contributed by atoms with van der Waals surface area (Å²) in [6.45, 7) is 7.77. The van der Waals surface area contributed by atoms with Crippen molar-refractivity contribution in [2.24, 2.45) is 0 Å². The molecule has 0 atom stereocenters. The summed E-state index contributed by atoms with van der Waals surface area (Å²) in [5, 5.41) is 0. The first-order chi connectivity index (χ1) is 10.3. The Labute approximate surface area is 128 Å². The third-order valence-electron chi connectivity index (χ3n) is 3.69. The van der Waals surface area contributed by atoms with Crippen molar-refractivity contribution >= 4 is 23.8 Å². The summed E-state index contributed by atoms with van der Waals surface area (Å²) in [4.78, 5) is 51.1. The highest BCUT2D eigenvalue weighted by Crippen LogP contribution is 2.20. The molecule has 2 aliphatic rings. The first-order valence-electron chi connectivity index (χ1n) is 6.96. The second kappa shape index (κ2) is 5.88. The minimum absolute atomic E-state index is 0.0584. The van der Waals surface area contributed by atoms with Gasteiger partial charge in [0, 0.05) is 13.1 Å². The third kappa shape index (κ3) is 2.74. The van der Waals surface area contributed by atoms with Gasteiger partial charge in [-0.2, -0.15) is 0 Å². The number of hydrogen-bond donors (Lipinski definition) is 0. The van der Waals surface area contributed by atoms with Crippen molar-refractivity contribution in [1.82, 2.24) is 14.7 Å². The molecule has 8 heteroatoms. The lowest BCUT2D eigenvalue weighted by Gasteiger charge is -2.42. The van der Waals surface area contributed by atoms with Gasteiger partial charge in [0.25, 0.3) is 0 Å². The van der Waals surface area contributed by atoms with Crippen LogP contribution in [0.5, 0.6) is 0 Å². The van der Waals surface area contributed by atoms with E-state index in [0.717, 1.165) is 4.90 Å².